The zero-order chi connectivity index (χ0) is 16.4. The van der Waals surface area contributed by atoms with Gasteiger partial charge in [0.1, 0.15) is 11.4 Å². The van der Waals surface area contributed by atoms with E-state index in [0.29, 0.717) is 19.1 Å². The second kappa shape index (κ2) is 6.52. The number of para-hydroxylation sites is 1. The molecule has 3 rings (SSSR count). The maximum Gasteiger partial charge on any atom is 0.225 e. The van der Waals surface area contributed by atoms with Gasteiger partial charge in [0.2, 0.25) is 5.91 Å². The minimum Gasteiger partial charge on any atom is -0.485 e. The van der Waals surface area contributed by atoms with E-state index in [1.54, 1.807) is 0 Å². The Hall–Kier alpha value is -1.55. The summed E-state index contributed by atoms with van der Waals surface area (Å²) in [6.45, 7) is 5.31. The molecular weight excluding hydrogens is 288 g/mol. The van der Waals surface area contributed by atoms with E-state index in [0.717, 1.165) is 37.0 Å². The molecule has 126 valence electrons. The van der Waals surface area contributed by atoms with E-state index < -0.39 is 0 Å². The lowest BCUT2D eigenvalue weighted by molar-refractivity contribution is -0.138. The number of nitrogens with one attached hydrogen (secondary N) is 1. The molecule has 0 radical (unpaired) electrons. The molecule has 1 aliphatic carbocycles. The van der Waals surface area contributed by atoms with Crippen LogP contribution in [0.15, 0.2) is 24.3 Å². The van der Waals surface area contributed by atoms with Gasteiger partial charge < -0.3 is 15.0 Å². The van der Waals surface area contributed by atoms with Crippen LogP contribution in [0.3, 0.4) is 0 Å². The Morgan fingerprint density at radius 1 is 1.30 bits per heavy atom. The third-order valence-electron chi connectivity index (χ3n) is 5.25. The molecule has 0 aromatic heterocycles. The maximum atomic E-state index is 12.7. The fourth-order valence-corrected chi connectivity index (χ4v) is 3.82. The number of benzene rings is 1. The van der Waals surface area contributed by atoms with E-state index in [2.05, 4.69) is 11.4 Å². The zero-order valence-electron chi connectivity index (χ0n) is 14.5. The highest BCUT2D eigenvalue weighted by Crippen LogP contribution is 2.38. The topological polar surface area (TPSA) is 41.6 Å². The van der Waals surface area contributed by atoms with E-state index in [9.17, 15) is 4.79 Å². The average Bonchev–Trinajstić information content (AvgIpc) is 2.71. The lowest BCUT2D eigenvalue weighted by Gasteiger charge is -2.41. The van der Waals surface area contributed by atoms with Gasteiger partial charge in [-0.25, -0.2) is 0 Å². The van der Waals surface area contributed by atoms with E-state index in [-0.39, 0.29) is 17.4 Å². The predicted octanol–water partition coefficient (Wildman–Crippen LogP) is 2.96. The molecule has 1 saturated carbocycles. The van der Waals surface area contributed by atoms with Crippen LogP contribution in [-0.4, -0.2) is 36.0 Å². The zero-order valence-corrected chi connectivity index (χ0v) is 14.5. The Labute approximate surface area is 139 Å². The number of carbonyl (C=O) groups is 1. The van der Waals surface area contributed by atoms with Gasteiger partial charge in [-0.2, -0.15) is 0 Å². The number of ether oxygens (including phenoxy) is 1. The van der Waals surface area contributed by atoms with Crippen LogP contribution < -0.4 is 10.1 Å². The Morgan fingerprint density at radius 3 is 2.65 bits per heavy atom. The number of fused-ring (bicyclic) bond motifs is 1. The highest BCUT2D eigenvalue weighted by atomic mass is 16.5. The molecule has 1 aromatic rings. The first-order valence-corrected chi connectivity index (χ1v) is 8.76. The van der Waals surface area contributed by atoms with Crippen molar-refractivity contribution < 1.29 is 9.53 Å². The SMILES string of the molecule is CNC1CCC2(CC1)CN(C(=O)C(C)C)Cc1ccccc1O2. The van der Waals surface area contributed by atoms with Crippen LogP contribution in [0, 0.1) is 5.92 Å². The molecule has 4 heteroatoms. The lowest BCUT2D eigenvalue weighted by atomic mass is 9.81. The molecule has 4 nitrogen and oxygen atoms in total. The van der Waals surface area contributed by atoms with Crippen molar-refractivity contribution in [3.8, 4) is 5.75 Å². The molecule has 0 saturated heterocycles. The smallest absolute Gasteiger partial charge is 0.225 e. The Bertz CT molecular complexity index is 562. The normalized spacial score (nSPS) is 27.5. The lowest BCUT2D eigenvalue weighted by Crippen LogP contribution is -2.52. The van der Waals surface area contributed by atoms with E-state index in [4.69, 9.17) is 4.74 Å². The largest absolute Gasteiger partial charge is 0.485 e. The fraction of sp³-hybridized carbons (Fsp3) is 0.632. The monoisotopic (exact) mass is 316 g/mol. The molecule has 0 bridgehead atoms. The summed E-state index contributed by atoms with van der Waals surface area (Å²) in [6, 6.07) is 8.73. The summed E-state index contributed by atoms with van der Waals surface area (Å²) < 4.78 is 6.52. The van der Waals surface area contributed by atoms with Crippen molar-refractivity contribution in [2.24, 2.45) is 5.92 Å². The van der Waals surface area contributed by atoms with Crippen LogP contribution in [0.4, 0.5) is 0 Å². The van der Waals surface area contributed by atoms with Crippen LogP contribution >= 0.6 is 0 Å². The van der Waals surface area contributed by atoms with Crippen LogP contribution in [0.5, 0.6) is 5.75 Å². The van der Waals surface area contributed by atoms with Crippen molar-refractivity contribution in [1.29, 1.82) is 0 Å². The number of hydrogen-bond donors (Lipinski definition) is 1. The minimum absolute atomic E-state index is 0.0194. The number of amides is 1. The minimum atomic E-state index is -0.232. The quantitative estimate of drug-likeness (QED) is 0.912. The van der Waals surface area contributed by atoms with Crippen molar-refractivity contribution in [2.75, 3.05) is 13.6 Å². The number of carbonyl (C=O) groups excluding carboxylic acids is 1. The molecule has 23 heavy (non-hydrogen) atoms. The number of nitrogens with zero attached hydrogens (tertiary/aromatic N) is 1. The summed E-state index contributed by atoms with van der Waals surface area (Å²) in [5, 5.41) is 3.38. The maximum absolute atomic E-state index is 12.7. The van der Waals surface area contributed by atoms with Crippen molar-refractivity contribution in [3.63, 3.8) is 0 Å². The first-order valence-electron chi connectivity index (χ1n) is 8.76. The molecule has 1 aliphatic heterocycles. The first kappa shape index (κ1) is 16.3. The number of hydrogen-bond acceptors (Lipinski definition) is 3. The fourth-order valence-electron chi connectivity index (χ4n) is 3.82. The molecule has 1 heterocycles. The predicted molar refractivity (Wildman–Crippen MR) is 91.4 cm³/mol. The molecular formula is C19H28N2O2. The van der Waals surface area contributed by atoms with Crippen LogP contribution in [0.1, 0.15) is 45.1 Å². The van der Waals surface area contributed by atoms with Gasteiger partial charge in [0.05, 0.1) is 6.54 Å². The Morgan fingerprint density at radius 2 is 2.00 bits per heavy atom. The van der Waals surface area contributed by atoms with Gasteiger partial charge in [-0.3, -0.25) is 4.79 Å². The van der Waals surface area contributed by atoms with Gasteiger partial charge in [-0.05, 0) is 38.8 Å². The Kier molecular flexibility index (Phi) is 4.62. The molecule has 1 N–H and O–H groups in total. The summed E-state index contributed by atoms with van der Waals surface area (Å²) >= 11 is 0. The molecule has 1 spiro atoms. The van der Waals surface area contributed by atoms with Gasteiger partial charge in [0.15, 0.2) is 0 Å². The van der Waals surface area contributed by atoms with Crippen molar-refractivity contribution >= 4 is 5.91 Å². The summed E-state index contributed by atoms with van der Waals surface area (Å²) in [5.41, 5.74) is 0.888. The summed E-state index contributed by atoms with van der Waals surface area (Å²) in [4.78, 5) is 14.7. The summed E-state index contributed by atoms with van der Waals surface area (Å²) in [6.07, 6.45) is 4.19. The van der Waals surface area contributed by atoms with Gasteiger partial charge in [0, 0.05) is 24.1 Å². The van der Waals surface area contributed by atoms with Crippen molar-refractivity contribution in [2.45, 2.75) is 57.7 Å². The number of rotatable bonds is 2. The van der Waals surface area contributed by atoms with Gasteiger partial charge in [-0.1, -0.05) is 32.0 Å². The molecule has 0 unspecified atom stereocenters. The van der Waals surface area contributed by atoms with Gasteiger partial charge in [-0.15, -0.1) is 0 Å². The molecule has 2 aliphatic rings. The molecule has 1 amide bonds. The third-order valence-corrected chi connectivity index (χ3v) is 5.25. The standard InChI is InChI=1S/C19H28N2O2/c1-14(2)18(22)21-12-15-6-4-5-7-17(15)23-19(13-21)10-8-16(20-3)9-11-19/h4-7,14,16,20H,8-13H2,1-3H3. The summed E-state index contributed by atoms with van der Waals surface area (Å²) in [7, 11) is 2.03. The first-order chi connectivity index (χ1) is 11.0. The average molecular weight is 316 g/mol. The van der Waals surface area contributed by atoms with Crippen molar-refractivity contribution in [1.82, 2.24) is 10.2 Å². The second-order valence-electron chi connectivity index (χ2n) is 7.30. The van der Waals surface area contributed by atoms with Crippen LogP contribution in [0.25, 0.3) is 0 Å². The molecule has 1 fully saturated rings. The van der Waals surface area contributed by atoms with E-state index in [1.807, 2.05) is 44.0 Å². The van der Waals surface area contributed by atoms with Gasteiger partial charge in [0.25, 0.3) is 0 Å². The highest BCUT2D eigenvalue weighted by molar-refractivity contribution is 5.78. The van der Waals surface area contributed by atoms with E-state index in [1.165, 1.54) is 0 Å². The third kappa shape index (κ3) is 3.37. The van der Waals surface area contributed by atoms with Crippen molar-refractivity contribution in [3.05, 3.63) is 29.8 Å². The Balaban J connectivity index is 1.90. The van der Waals surface area contributed by atoms with Crippen LogP contribution in [-0.2, 0) is 11.3 Å². The van der Waals surface area contributed by atoms with Crippen LogP contribution in [0.2, 0.25) is 0 Å². The molecule has 1 aromatic carbocycles. The molecule has 0 atom stereocenters. The highest BCUT2D eigenvalue weighted by Gasteiger charge is 2.42. The van der Waals surface area contributed by atoms with E-state index >= 15 is 0 Å². The summed E-state index contributed by atoms with van der Waals surface area (Å²) in [5.74, 6) is 1.20. The van der Waals surface area contributed by atoms with Gasteiger partial charge >= 0.3 is 0 Å². The second-order valence-corrected chi connectivity index (χ2v) is 7.30.